The van der Waals surface area contributed by atoms with E-state index in [1.165, 1.54) is 12.1 Å². The van der Waals surface area contributed by atoms with Crippen LogP contribution in [0, 0.1) is 12.7 Å². The molecule has 0 radical (unpaired) electrons. The number of hydrogen-bond acceptors (Lipinski definition) is 4. The molecule has 1 unspecified atom stereocenters. The molecule has 1 aromatic heterocycles. The smallest absolute Gasteiger partial charge is 0.259 e. The monoisotopic (exact) mass is 446 g/mol. The molecule has 2 aromatic carbocycles. The van der Waals surface area contributed by atoms with Crippen molar-refractivity contribution < 1.29 is 14.0 Å². The van der Waals surface area contributed by atoms with Crippen LogP contribution in [0.15, 0.2) is 60.8 Å². The topological polar surface area (TPSA) is 74.3 Å². The quantitative estimate of drug-likeness (QED) is 0.540. The minimum absolute atomic E-state index is 0.0250. The number of likely N-dealkylation sites (tertiary alicyclic amines) is 1. The Hall–Kier alpha value is -3.74. The first-order valence-corrected chi connectivity index (χ1v) is 11.1. The molecule has 1 aliphatic rings. The number of benzene rings is 2. The number of rotatable bonds is 5. The third kappa shape index (κ3) is 5.19. The van der Waals surface area contributed by atoms with E-state index < -0.39 is 0 Å². The third-order valence-corrected chi connectivity index (χ3v) is 5.93. The number of anilines is 3. The van der Waals surface area contributed by atoms with Crippen LogP contribution < -0.4 is 10.6 Å². The molecule has 1 saturated heterocycles. The summed E-state index contributed by atoms with van der Waals surface area (Å²) < 4.78 is 13.5. The SMILES string of the molecule is Cc1cc(C(=O)N2CCCCC2C)ccc1NC(=O)c1cccnc1Nc1cccc(F)c1. The zero-order valence-electron chi connectivity index (χ0n) is 18.8. The lowest BCUT2D eigenvalue weighted by molar-refractivity contribution is 0.0635. The highest BCUT2D eigenvalue weighted by Crippen LogP contribution is 2.24. The second kappa shape index (κ2) is 9.81. The van der Waals surface area contributed by atoms with E-state index >= 15 is 0 Å². The fourth-order valence-electron chi connectivity index (χ4n) is 4.08. The summed E-state index contributed by atoms with van der Waals surface area (Å²) >= 11 is 0. The maximum absolute atomic E-state index is 13.5. The van der Waals surface area contributed by atoms with Crippen LogP contribution in [0.3, 0.4) is 0 Å². The van der Waals surface area contributed by atoms with Crippen molar-refractivity contribution >= 4 is 29.0 Å². The average molecular weight is 447 g/mol. The van der Waals surface area contributed by atoms with Gasteiger partial charge in [-0.05, 0) is 87.2 Å². The van der Waals surface area contributed by atoms with Crippen molar-refractivity contribution in [3.8, 4) is 0 Å². The number of piperidine rings is 1. The van der Waals surface area contributed by atoms with E-state index in [9.17, 15) is 14.0 Å². The number of carbonyl (C=O) groups is 2. The Labute approximate surface area is 192 Å². The number of nitrogens with one attached hydrogen (secondary N) is 2. The summed E-state index contributed by atoms with van der Waals surface area (Å²) in [5, 5.41) is 5.90. The zero-order valence-corrected chi connectivity index (χ0v) is 18.8. The lowest BCUT2D eigenvalue weighted by atomic mass is 10.0. The minimum Gasteiger partial charge on any atom is -0.339 e. The molecule has 0 saturated carbocycles. The van der Waals surface area contributed by atoms with Crippen molar-refractivity contribution in [1.82, 2.24) is 9.88 Å². The molecule has 2 N–H and O–H groups in total. The summed E-state index contributed by atoms with van der Waals surface area (Å²) in [7, 11) is 0. The molecule has 2 amide bonds. The molecule has 0 bridgehead atoms. The predicted octanol–water partition coefficient (Wildman–Crippen LogP) is 5.54. The van der Waals surface area contributed by atoms with Gasteiger partial charge >= 0.3 is 0 Å². The van der Waals surface area contributed by atoms with E-state index in [2.05, 4.69) is 22.5 Å². The number of aromatic nitrogens is 1. The summed E-state index contributed by atoms with van der Waals surface area (Å²) in [4.78, 5) is 32.1. The summed E-state index contributed by atoms with van der Waals surface area (Å²) in [6.07, 6.45) is 4.77. The molecule has 4 rings (SSSR count). The summed E-state index contributed by atoms with van der Waals surface area (Å²) in [5.74, 6) is -0.388. The van der Waals surface area contributed by atoms with Crippen LogP contribution >= 0.6 is 0 Å². The normalized spacial score (nSPS) is 15.7. The lowest BCUT2D eigenvalue weighted by Gasteiger charge is -2.33. The fraction of sp³-hybridized carbons (Fsp3) is 0.269. The van der Waals surface area contributed by atoms with Gasteiger partial charge in [0, 0.05) is 35.7 Å². The van der Waals surface area contributed by atoms with E-state index in [1.807, 2.05) is 17.9 Å². The third-order valence-electron chi connectivity index (χ3n) is 5.93. The van der Waals surface area contributed by atoms with Gasteiger partial charge < -0.3 is 15.5 Å². The van der Waals surface area contributed by atoms with Gasteiger partial charge in [0.1, 0.15) is 11.6 Å². The van der Waals surface area contributed by atoms with Crippen molar-refractivity contribution in [3.05, 3.63) is 83.3 Å². The fourth-order valence-corrected chi connectivity index (χ4v) is 4.08. The summed E-state index contributed by atoms with van der Waals surface area (Å²) in [5.41, 5.74) is 2.84. The predicted molar refractivity (Wildman–Crippen MR) is 127 cm³/mol. The number of carbonyl (C=O) groups excluding carboxylic acids is 2. The molecule has 7 heteroatoms. The van der Waals surface area contributed by atoms with Gasteiger partial charge in [0.05, 0.1) is 5.56 Å². The van der Waals surface area contributed by atoms with Crippen molar-refractivity contribution in [2.45, 2.75) is 39.2 Å². The Morgan fingerprint density at radius 1 is 1.09 bits per heavy atom. The van der Waals surface area contributed by atoms with Crippen molar-refractivity contribution in [1.29, 1.82) is 0 Å². The van der Waals surface area contributed by atoms with Crippen molar-refractivity contribution in [3.63, 3.8) is 0 Å². The van der Waals surface area contributed by atoms with Crippen LogP contribution in [0.25, 0.3) is 0 Å². The number of pyridine rings is 1. The zero-order chi connectivity index (χ0) is 23.4. The molecule has 33 heavy (non-hydrogen) atoms. The molecule has 0 aliphatic carbocycles. The second-order valence-electron chi connectivity index (χ2n) is 8.36. The highest BCUT2D eigenvalue weighted by atomic mass is 19.1. The first kappa shape index (κ1) is 22.5. The molecular weight excluding hydrogens is 419 g/mol. The van der Waals surface area contributed by atoms with E-state index in [0.29, 0.717) is 28.3 Å². The van der Waals surface area contributed by atoms with Crippen molar-refractivity contribution in [2.75, 3.05) is 17.2 Å². The van der Waals surface area contributed by atoms with Gasteiger partial charge in [-0.2, -0.15) is 0 Å². The second-order valence-corrected chi connectivity index (χ2v) is 8.36. The molecule has 1 fully saturated rings. The number of amides is 2. The first-order valence-electron chi connectivity index (χ1n) is 11.1. The number of hydrogen-bond donors (Lipinski definition) is 2. The van der Waals surface area contributed by atoms with E-state index in [0.717, 1.165) is 31.4 Å². The lowest BCUT2D eigenvalue weighted by Crippen LogP contribution is -2.42. The van der Waals surface area contributed by atoms with Crippen LogP contribution in [-0.4, -0.2) is 34.3 Å². The Kier molecular flexibility index (Phi) is 6.68. The van der Waals surface area contributed by atoms with Gasteiger partial charge in [-0.1, -0.05) is 6.07 Å². The first-order chi connectivity index (χ1) is 15.9. The maximum atomic E-state index is 13.5. The Morgan fingerprint density at radius 3 is 2.70 bits per heavy atom. The van der Waals surface area contributed by atoms with E-state index in [-0.39, 0.29) is 23.7 Å². The Balaban J connectivity index is 1.50. The van der Waals surface area contributed by atoms with Gasteiger partial charge in [0.2, 0.25) is 0 Å². The number of halogens is 1. The summed E-state index contributed by atoms with van der Waals surface area (Å²) in [6, 6.07) is 14.8. The van der Waals surface area contributed by atoms with Gasteiger partial charge in [0.15, 0.2) is 0 Å². The maximum Gasteiger partial charge on any atom is 0.259 e. The molecule has 1 aliphatic heterocycles. The van der Waals surface area contributed by atoms with Crippen LogP contribution in [0.1, 0.15) is 52.5 Å². The molecule has 6 nitrogen and oxygen atoms in total. The van der Waals surface area contributed by atoms with Gasteiger partial charge in [-0.25, -0.2) is 9.37 Å². The number of nitrogens with zero attached hydrogens (tertiary/aromatic N) is 2. The van der Waals surface area contributed by atoms with Crippen LogP contribution in [0.4, 0.5) is 21.6 Å². The van der Waals surface area contributed by atoms with Crippen molar-refractivity contribution in [2.24, 2.45) is 0 Å². The standard InChI is InChI=1S/C26H27FN4O2/c1-17-15-19(26(33)31-14-4-3-7-18(31)2)11-12-23(17)30-25(32)22-10-6-13-28-24(22)29-21-9-5-8-20(27)16-21/h5-6,8-13,15-16,18H,3-4,7,14H2,1-2H3,(H,28,29)(H,30,32). The van der Waals surface area contributed by atoms with Crippen LogP contribution in [0.2, 0.25) is 0 Å². The molecular formula is C26H27FN4O2. The van der Waals surface area contributed by atoms with Gasteiger partial charge in [0.25, 0.3) is 11.8 Å². The molecule has 170 valence electrons. The highest BCUT2D eigenvalue weighted by Gasteiger charge is 2.24. The molecule has 2 heterocycles. The number of aryl methyl sites for hydroxylation is 1. The average Bonchev–Trinajstić information content (AvgIpc) is 2.80. The highest BCUT2D eigenvalue weighted by molar-refractivity contribution is 6.08. The van der Waals surface area contributed by atoms with Crippen LogP contribution in [-0.2, 0) is 0 Å². The molecule has 1 atom stereocenters. The van der Waals surface area contributed by atoms with Crippen LogP contribution in [0.5, 0.6) is 0 Å². The minimum atomic E-state index is -0.383. The Bertz CT molecular complexity index is 1180. The Morgan fingerprint density at radius 2 is 1.94 bits per heavy atom. The summed E-state index contributed by atoms with van der Waals surface area (Å²) in [6.45, 7) is 4.72. The molecule has 3 aromatic rings. The van der Waals surface area contributed by atoms with Gasteiger partial charge in [-0.15, -0.1) is 0 Å². The van der Waals surface area contributed by atoms with E-state index in [1.54, 1.807) is 42.6 Å². The van der Waals surface area contributed by atoms with E-state index in [4.69, 9.17) is 0 Å². The van der Waals surface area contributed by atoms with Gasteiger partial charge in [-0.3, -0.25) is 9.59 Å². The molecule has 0 spiro atoms. The largest absolute Gasteiger partial charge is 0.339 e.